The van der Waals surface area contributed by atoms with Gasteiger partial charge in [-0.25, -0.2) is 0 Å². The summed E-state index contributed by atoms with van der Waals surface area (Å²) < 4.78 is 18.7. The van der Waals surface area contributed by atoms with Crippen LogP contribution in [0.2, 0.25) is 0 Å². The number of rotatable bonds is 3. The summed E-state index contributed by atoms with van der Waals surface area (Å²) in [5.41, 5.74) is 1.01. The minimum Gasteiger partial charge on any atom is -0.493 e. The van der Waals surface area contributed by atoms with Crippen LogP contribution in [0.1, 0.15) is 49.8 Å². The molecule has 1 saturated heterocycles. The largest absolute Gasteiger partial charge is 0.493 e. The lowest BCUT2D eigenvalue weighted by atomic mass is 9.34. The predicted molar refractivity (Wildman–Crippen MR) is 105 cm³/mol. The Balaban J connectivity index is 1.72. The van der Waals surface area contributed by atoms with E-state index in [2.05, 4.69) is 11.9 Å². The highest BCUT2D eigenvalue weighted by Gasteiger charge is 2.82. The van der Waals surface area contributed by atoms with Crippen molar-refractivity contribution in [1.82, 2.24) is 4.90 Å². The van der Waals surface area contributed by atoms with E-state index in [1.807, 2.05) is 12.1 Å². The maximum Gasteiger partial charge on any atom is 0.166 e. The Morgan fingerprint density at radius 2 is 2.07 bits per heavy atom. The van der Waals surface area contributed by atoms with E-state index in [0.717, 1.165) is 49.1 Å². The normalized spacial score (nSPS) is 46.2. The van der Waals surface area contributed by atoms with Crippen molar-refractivity contribution < 1.29 is 24.1 Å². The first kappa shape index (κ1) is 18.2. The van der Waals surface area contributed by atoms with Crippen molar-refractivity contribution in [3.63, 3.8) is 0 Å². The number of benzene rings is 1. The summed E-state index contributed by atoms with van der Waals surface area (Å²) in [6, 6.07) is 3.90. The number of hydrogen-bond donors (Lipinski definition) is 1. The molecule has 3 saturated carbocycles. The van der Waals surface area contributed by atoms with Gasteiger partial charge in [0.05, 0.1) is 19.1 Å². The van der Waals surface area contributed by atoms with Gasteiger partial charge in [0.1, 0.15) is 17.5 Å². The molecular weight excluding hydrogens is 370 g/mol. The average Bonchev–Trinajstić information content (AvgIpc) is 3.09. The number of carbonyl (C=O) groups excluding carboxylic acids is 1. The monoisotopic (exact) mass is 399 g/mol. The molecule has 1 aromatic carbocycles. The minimum absolute atomic E-state index is 0.0220. The quantitative estimate of drug-likeness (QED) is 0.841. The second kappa shape index (κ2) is 5.34. The van der Waals surface area contributed by atoms with E-state index in [0.29, 0.717) is 5.75 Å². The number of carbonyl (C=O) groups is 1. The Bertz CT molecular complexity index is 932. The number of fused-ring (bicyclic) bond motifs is 2. The molecule has 156 valence electrons. The first-order chi connectivity index (χ1) is 13.9. The third-order valence-corrected chi connectivity index (χ3v) is 9.34. The number of ether oxygens (including phenoxy) is 3. The fourth-order valence-corrected chi connectivity index (χ4v) is 8.39. The van der Waals surface area contributed by atoms with Crippen LogP contribution in [0.15, 0.2) is 12.1 Å². The summed E-state index contributed by atoms with van der Waals surface area (Å²) in [4.78, 5) is 15.2. The molecule has 6 heteroatoms. The number of methoxy groups -OCH3 is 2. The smallest absolute Gasteiger partial charge is 0.166 e. The number of likely N-dealkylation sites (N-methyl/N-ethyl adjacent to an activating group) is 1. The Labute approximate surface area is 171 Å². The van der Waals surface area contributed by atoms with Crippen LogP contribution in [0.25, 0.3) is 0 Å². The van der Waals surface area contributed by atoms with Crippen molar-refractivity contribution in [2.75, 3.05) is 27.8 Å². The average molecular weight is 399 g/mol. The zero-order chi connectivity index (χ0) is 20.3. The second-order valence-electron chi connectivity index (χ2n) is 9.83. The van der Waals surface area contributed by atoms with Crippen molar-refractivity contribution >= 4 is 5.78 Å². The van der Waals surface area contributed by atoms with Crippen LogP contribution < -0.4 is 9.47 Å². The number of Topliss-reactive ketones (excluding diaryl/α,β-unsaturated/α-hetero) is 1. The standard InChI is InChI=1S/C23H29NO5/c1-12(25)14-11-21-7-8-23(14,28-4)20-22(21)9-10-24(2)19(21)17(26)13-5-6-15(27-3)18(29-20)16(13)22/h5-6,14,17,19-20,26H,7-11H2,1-4H3/t14-,17?,19+,20-,21?,22-,23-/m0/s1. The number of hydrogen-bond acceptors (Lipinski definition) is 6. The van der Waals surface area contributed by atoms with Crippen LogP contribution in [-0.4, -0.2) is 61.3 Å². The van der Waals surface area contributed by atoms with Gasteiger partial charge in [0.25, 0.3) is 0 Å². The molecule has 2 unspecified atom stereocenters. The predicted octanol–water partition coefficient (Wildman–Crippen LogP) is 2.22. The van der Waals surface area contributed by atoms with E-state index in [1.165, 1.54) is 0 Å². The van der Waals surface area contributed by atoms with E-state index in [-0.39, 0.29) is 34.7 Å². The number of nitrogens with zero attached hydrogens (tertiary/aromatic N) is 1. The summed E-state index contributed by atoms with van der Waals surface area (Å²) in [5, 5.41) is 11.6. The molecule has 2 aliphatic heterocycles. The Hall–Kier alpha value is -1.63. The van der Waals surface area contributed by atoms with Gasteiger partial charge in [-0.2, -0.15) is 0 Å². The molecule has 29 heavy (non-hydrogen) atoms. The zero-order valence-electron chi connectivity index (χ0n) is 17.5. The van der Waals surface area contributed by atoms with Crippen molar-refractivity contribution in [3.05, 3.63) is 23.3 Å². The summed E-state index contributed by atoms with van der Waals surface area (Å²) in [6.45, 7) is 2.58. The lowest BCUT2D eigenvalue weighted by Crippen LogP contribution is -2.81. The molecule has 4 fully saturated rings. The molecule has 7 rings (SSSR count). The van der Waals surface area contributed by atoms with Crippen LogP contribution in [0, 0.1) is 11.3 Å². The molecule has 2 spiro atoms. The summed E-state index contributed by atoms with van der Waals surface area (Å²) in [5.74, 6) is 1.40. The van der Waals surface area contributed by atoms with Crippen LogP contribution >= 0.6 is 0 Å². The van der Waals surface area contributed by atoms with Crippen LogP contribution in [0.5, 0.6) is 11.5 Å². The van der Waals surface area contributed by atoms with E-state index in [4.69, 9.17) is 14.2 Å². The van der Waals surface area contributed by atoms with Gasteiger partial charge in [0.2, 0.25) is 0 Å². The first-order valence-corrected chi connectivity index (χ1v) is 10.7. The lowest BCUT2D eigenvalue weighted by molar-refractivity contribution is -0.280. The van der Waals surface area contributed by atoms with E-state index in [1.54, 1.807) is 21.1 Å². The van der Waals surface area contributed by atoms with Crippen molar-refractivity contribution in [1.29, 1.82) is 0 Å². The molecule has 6 aliphatic rings. The summed E-state index contributed by atoms with van der Waals surface area (Å²) in [7, 11) is 5.51. The van der Waals surface area contributed by atoms with Gasteiger partial charge in [0, 0.05) is 29.5 Å². The molecule has 4 bridgehead atoms. The number of likely N-dealkylation sites (tertiary alicyclic amines) is 1. The fourth-order valence-electron chi connectivity index (χ4n) is 8.39. The highest BCUT2D eigenvalue weighted by Crippen LogP contribution is 2.77. The van der Waals surface area contributed by atoms with E-state index < -0.39 is 11.7 Å². The van der Waals surface area contributed by atoms with Gasteiger partial charge < -0.3 is 19.3 Å². The highest BCUT2D eigenvalue weighted by atomic mass is 16.6. The second-order valence-corrected chi connectivity index (χ2v) is 9.83. The highest BCUT2D eigenvalue weighted by molar-refractivity contribution is 5.81. The molecule has 6 nitrogen and oxygen atoms in total. The molecule has 2 heterocycles. The Morgan fingerprint density at radius 3 is 2.76 bits per heavy atom. The summed E-state index contributed by atoms with van der Waals surface area (Å²) in [6.07, 6.45) is 2.58. The first-order valence-electron chi connectivity index (χ1n) is 10.7. The fraction of sp³-hybridized carbons (Fsp3) is 0.696. The Kier molecular flexibility index (Phi) is 3.35. The Morgan fingerprint density at radius 1 is 1.28 bits per heavy atom. The topological polar surface area (TPSA) is 68.2 Å². The van der Waals surface area contributed by atoms with Gasteiger partial charge in [-0.1, -0.05) is 6.07 Å². The molecule has 0 amide bonds. The maximum absolute atomic E-state index is 12.9. The molecule has 1 N–H and O–H groups in total. The van der Waals surface area contributed by atoms with Gasteiger partial charge in [0.15, 0.2) is 11.5 Å². The summed E-state index contributed by atoms with van der Waals surface area (Å²) >= 11 is 0. The SMILES string of the molecule is COc1ccc2c3c1O[C@@H]1[C@]4(OC)CCC5(C[C@H]4C(C)=O)[C@@H](C2O)N(C)CC[C@]315. The number of aliphatic hydroxyl groups excluding tert-OH is 1. The van der Waals surface area contributed by atoms with E-state index in [9.17, 15) is 9.90 Å². The molecule has 0 aromatic heterocycles. The van der Waals surface area contributed by atoms with Gasteiger partial charge >= 0.3 is 0 Å². The van der Waals surface area contributed by atoms with Crippen LogP contribution in [0.3, 0.4) is 0 Å². The third kappa shape index (κ3) is 1.65. The lowest BCUT2D eigenvalue weighted by Gasteiger charge is -2.73. The van der Waals surface area contributed by atoms with Gasteiger partial charge in [-0.3, -0.25) is 9.69 Å². The molecule has 0 radical (unpaired) electrons. The van der Waals surface area contributed by atoms with Crippen LogP contribution in [-0.2, 0) is 14.9 Å². The third-order valence-electron chi connectivity index (χ3n) is 9.34. The number of piperidine rings is 1. The number of aliphatic hydroxyl groups is 1. The van der Waals surface area contributed by atoms with Crippen molar-refractivity contribution in [2.24, 2.45) is 11.3 Å². The van der Waals surface area contributed by atoms with Gasteiger partial charge in [-0.05, 0) is 57.8 Å². The van der Waals surface area contributed by atoms with Crippen molar-refractivity contribution in [2.45, 2.75) is 61.9 Å². The molecular formula is C23H29NO5. The van der Waals surface area contributed by atoms with Gasteiger partial charge in [-0.15, -0.1) is 0 Å². The molecule has 1 aromatic rings. The molecule has 4 aliphatic carbocycles. The van der Waals surface area contributed by atoms with Crippen molar-refractivity contribution in [3.8, 4) is 11.5 Å². The number of ketones is 1. The molecule has 7 atom stereocenters. The minimum atomic E-state index is -0.627. The van der Waals surface area contributed by atoms with Crippen LogP contribution in [0.4, 0.5) is 0 Å². The van der Waals surface area contributed by atoms with E-state index >= 15 is 0 Å². The maximum atomic E-state index is 12.9. The zero-order valence-corrected chi connectivity index (χ0v) is 17.5.